The van der Waals surface area contributed by atoms with Crippen molar-refractivity contribution in [1.82, 2.24) is 9.55 Å². The quantitative estimate of drug-likeness (QED) is 0.764. The first-order valence-corrected chi connectivity index (χ1v) is 6.91. The van der Waals surface area contributed by atoms with Crippen LogP contribution < -0.4 is 0 Å². The van der Waals surface area contributed by atoms with Crippen LogP contribution >= 0.6 is 23.2 Å². The maximum Gasteiger partial charge on any atom is 0.335 e. The van der Waals surface area contributed by atoms with Crippen molar-refractivity contribution in [1.29, 1.82) is 0 Å². The van der Waals surface area contributed by atoms with Gasteiger partial charge in [0.25, 0.3) is 0 Å². The van der Waals surface area contributed by atoms with Crippen LogP contribution in [-0.2, 0) is 0 Å². The Morgan fingerprint density at radius 2 is 1.90 bits per heavy atom. The van der Waals surface area contributed by atoms with E-state index in [1.165, 1.54) is 0 Å². The molecule has 0 saturated carbocycles. The van der Waals surface area contributed by atoms with Crippen LogP contribution in [0.5, 0.6) is 0 Å². The number of carboxylic acids is 1. The molecular weight excluding hydrogens is 311 g/mol. The van der Waals surface area contributed by atoms with Gasteiger partial charge in [0.1, 0.15) is 5.82 Å². The molecule has 0 aliphatic carbocycles. The highest BCUT2D eigenvalue weighted by molar-refractivity contribution is 6.42. The Bertz CT molecular complexity index is 871. The van der Waals surface area contributed by atoms with E-state index in [2.05, 4.69) is 4.98 Å². The fraction of sp³-hybridized carbons (Fsp3) is 0.0667. The lowest BCUT2D eigenvalue weighted by Crippen LogP contribution is -1.98. The summed E-state index contributed by atoms with van der Waals surface area (Å²) in [4.78, 5) is 15.4. The minimum Gasteiger partial charge on any atom is -0.478 e. The molecule has 0 atom stereocenters. The van der Waals surface area contributed by atoms with E-state index in [0.717, 1.165) is 17.0 Å². The predicted octanol–water partition coefficient (Wildman–Crippen LogP) is 4.34. The Morgan fingerprint density at radius 1 is 1.14 bits per heavy atom. The summed E-state index contributed by atoms with van der Waals surface area (Å²) >= 11 is 12.0. The summed E-state index contributed by atoms with van der Waals surface area (Å²) in [6.45, 7) is 1.85. The summed E-state index contributed by atoms with van der Waals surface area (Å²) in [5.74, 6) is -0.232. The fourth-order valence-corrected chi connectivity index (χ4v) is 2.58. The number of fused-ring (bicyclic) bond motifs is 1. The number of rotatable bonds is 2. The zero-order valence-electron chi connectivity index (χ0n) is 11.0. The molecule has 0 bridgehead atoms. The summed E-state index contributed by atoms with van der Waals surface area (Å²) in [6.07, 6.45) is 0. The van der Waals surface area contributed by atoms with Crippen LogP contribution in [-0.4, -0.2) is 20.6 Å². The lowest BCUT2D eigenvalue weighted by atomic mass is 10.2. The molecule has 0 aliphatic heterocycles. The van der Waals surface area contributed by atoms with Gasteiger partial charge in [-0.3, -0.25) is 4.57 Å². The van der Waals surface area contributed by atoms with E-state index in [9.17, 15) is 4.79 Å². The largest absolute Gasteiger partial charge is 0.478 e. The molecule has 1 aromatic heterocycles. The van der Waals surface area contributed by atoms with Crippen LogP contribution in [0.1, 0.15) is 16.2 Å². The number of benzene rings is 2. The molecule has 0 fully saturated rings. The smallest absolute Gasteiger partial charge is 0.335 e. The van der Waals surface area contributed by atoms with Gasteiger partial charge < -0.3 is 5.11 Å². The molecule has 6 heteroatoms. The molecule has 0 spiro atoms. The number of hydrogen-bond acceptors (Lipinski definition) is 2. The van der Waals surface area contributed by atoms with Crippen LogP contribution in [0.15, 0.2) is 36.4 Å². The van der Waals surface area contributed by atoms with E-state index in [1.807, 2.05) is 17.6 Å². The van der Waals surface area contributed by atoms with Crippen LogP contribution in [0.4, 0.5) is 0 Å². The average Bonchev–Trinajstić information content (AvgIpc) is 2.76. The topological polar surface area (TPSA) is 55.1 Å². The summed E-state index contributed by atoms with van der Waals surface area (Å²) in [5.41, 5.74) is 2.48. The van der Waals surface area contributed by atoms with Crippen molar-refractivity contribution in [2.24, 2.45) is 0 Å². The molecule has 3 rings (SSSR count). The van der Waals surface area contributed by atoms with Gasteiger partial charge in [-0.1, -0.05) is 23.2 Å². The highest BCUT2D eigenvalue weighted by Crippen LogP contribution is 2.28. The Labute approximate surface area is 130 Å². The van der Waals surface area contributed by atoms with Gasteiger partial charge in [-0.25, -0.2) is 9.78 Å². The standard InChI is InChI=1S/C15H10Cl2N2O2/c1-8-18-13-6-9(15(20)21)2-5-14(13)19(8)10-3-4-11(16)12(17)7-10/h2-7H,1H3,(H,20,21). The Morgan fingerprint density at radius 3 is 2.57 bits per heavy atom. The number of aromatic carboxylic acids is 1. The van der Waals surface area contributed by atoms with Crippen LogP contribution in [0.25, 0.3) is 16.7 Å². The van der Waals surface area contributed by atoms with Gasteiger partial charge >= 0.3 is 5.97 Å². The Kier molecular flexibility index (Phi) is 3.35. The maximum absolute atomic E-state index is 11.0. The second kappa shape index (κ2) is 5.06. The summed E-state index contributed by atoms with van der Waals surface area (Å²) in [7, 11) is 0. The van der Waals surface area contributed by atoms with Crippen molar-refractivity contribution in [3.8, 4) is 5.69 Å². The number of nitrogens with zero attached hydrogens (tertiary/aromatic N) is 2. The summed E-state index contributed by atoms with van der Waals surface area (Å²) in [6, 6.07) is 10.2. The molecule has 4 nitrogen and oxygen atoms in total. The van der Waals surface area contributed by atoms with Crippen molar-refractivity contribution in [2.75, 3.05) is 0 Å². The van der Waals surface area contributed by atoms with Crippen molar-refractivity contribution in [3.05, 3.63) is 57.8 Å². The summed E-state index contributed by atoms with van der Waals surface area (Å²) < 4.78 is 1.91. The Hall–Kier alpha value is -2.04. The van der Waals surface area contributed by atoms with Crippen molar-refractivity contribution in [2.45, 2.75) is 6.92 Å². The van der Waals surface area contributed by atoms with Gasteiger partial charge in [0, 0.05) is 5.69 Å². The van der Waals surface area contributed by atoms with E-state index in [1.54, 1.807) is 30.3 Å². The summed E-state index contributed by atoms with van der Waals surface area (Å²) in [5, 5.41) is 9.98. The zero-order valence-corrected chi connectivity index (χ0v) is 12.5. The molecule has 2 aromatic carbocycles. The normalized spacial score (nSPS) is 11.0. The molecule has 0 unspecified atom stereocenters. The second-order valence-electron chi connectivity index (χ2n) is 4.60. The number of aryl methyl sites for hydroxylation is 1. The number of hydrogen-bond donors (Lipinski definition) is 1. The molecular formula is C15H10Cl2N2O2. The molecule has 106 valence electrons. The second-order valence-corrected chi connectivity index (χ2v) is 5.42. The minimum absolute atomic E-state index is 0.210. The molecule has 0 radical (unpaired) electrons. The highest BCUT2D eigenvalue weighted by atomic mass is 35.5. The minimum atomic E-state index is -0.973. The third-order valence-electron chi connectivity index (χ3n) is 3.23. The number of aromatic nitrogens is 2. The van der Waals surface area contributed by atoms with Gasteiger partial charge in [0.15, 0.2) is 0 Å². The predicted molar refractivity (Wildman–Crippen MR) is 82.8 cm³/mol. The maximum atomic E-state index is 11.0. The first-order valence-electron chi connectivity index (χ1n) is 6.15. The van der Waals surface area contributed by atoms with Crippen LogP contribution in [0, 0.1) is 6.92 Å². The number of carboxylic acid groups (broad SMARTS) is 1. The van der Waals surface area contributed by atoms with E-state index in [-0.39, 0.29) is 5.56 Å². The van der Waals surface area contributed by atoms with E-state index >= 15 is 0 Å². The third kappa shape index (κ3) is 2.37. The molecule has 0 saturated heterocycles. The lowest BCUT2D eigenvalue weighted by molar-refractivity contribution is 0.0697. The van der Waals surface area contributed by atoms with E-state index < -0.39 is 5.97 Å². The van der Waals surface area contributed by atoms with E-state index in [0.29, 0.717) is 15.6 Å². The fourth-order valence-electron chi connectivity index (χ4n) is 2.28. The molecule has 0 aliphatic rings. The number of halogens is 2. The third-order valence-corrected chi connectivity index (χ3v) is 3.97. The molecule has 1 heterocycles. The number of imidazole rings is 1. The highest BCUT2D eigenvalue weighted by Gasteiger charge is 2.12. The van der Waals surface area contributed by atoms with Crippen molar-refractivity contribution >= 4 is 40.2 Å². The monoisotopic (exact) mass is 320 g/mol. The SMILES string of the molecule is Cc1nc2cc(C(=O)O)ccc2n1-c1ccc(Cl)c(Cl)c1. The van der Waals surface area contributed by atoms with Crippen LogP contribution in [0.3, 0.4) is 0 Å². The van der Waals surface area contributed by atoms with Gasteiger partial charge in [-0.05, 0) is 43.3 Å². The molecule has 1 N–H and O–H groups in total. The van der Waals surface area contributed by atoms with Gasteiger partial charge in [-0.15, -0.1) is 0 Å². The first kappa shape index (κ1) is 13.9. The van der Waals surface area contributed by atoms with Crippen molar-refractivity contribution in [3.63, 3.8) is 0 Å². The van der Waals surface area contributed by atoms with Gasteiger partial charge in [-0.2, -0.15) is 0 Å². The zero-order chi connectivity index (χ0) is 15.1. The first-order chi connectivity index (χ1) is 9.97. The van der Waals surface area contributed by atoms with Gasteiger partial charge in [0.2, 0.25) is 0 Å². The average molecular weight is 321 g/mol. The van der Waals surface area contributed by atoms with E-state index in [4.69, 9.17) is 28.3 Å². The number of carbonyl (C=O) groups is 1. The molecule has 0 amide bonds. The lowest BCUT2D eigenvalue weighted by Gasteiger charge is -2.08. The van der Waals surface area contributed by atoms with Crippen molar-refractivity contribution < 1.29 is 9.90 Å². The molecule has 3 aromatic rings. The molecule has 21 heavy (non-hydrogen) atoms. The Balaban J connectivity index is 2.25. The van der Waals surface area contributed by atoms with Crippen LogP contribution in [0.2, 0.25) is 10.0 Å². The van der Waals surface area contributed by atoms with Gasteiger partial charge in [0.05, 0.1) is 26.6 Å².